The van der Waals surface area contributed by atoms with Gasteiger partial charge in [-0.15, -0.1) is 12.6 Å². The summed E-state index contributed by atoms with van der Waals surface area (Å²) >= 11 is 3.78. The quantitative estimate of drug-likeness (QED) is 0.237. The fourth-order valence-corrected chi connectivity index (χ4v) is 3.00. The predicted octanol–water partition coefficient (Wildman–Crippen LogP) is 5.74. The van der Waals surface area contributed by atoms with E-state index in [1.165, 1.54) is 71.1 Å². The number of rotatable bonds is 15. The Morgan fingerprint density at radius 2 is 1.14 bits per heavy atom. The van der Waals surface area contributed by atoms with Crippen LogP contribution >= 0.6 is 12.6 Å². The minimum atomic E-state index is -0.476. The van der Waals surface area contributed by atoms with E-state index in [4.69, 9.17) is 0 Å². The van der Waals surface area contributed by atoms with E-state index in [2.05, 4.69) is 19.6 Å². The van der Waals surface area contributed by atoms with E-state index in [9.17, 15) is 9.59 Å². The number of thiol groups is 1. The number of carbonyl (C=O) groups is 2. The largest absolute Gasteiger partial charge is 0.299 e. The van der Waals surface area contributed by atoms with Gasteiger partial charge in [-0.05, 0) is 13.3 Å². The molecule has 0 aromatic rings. The minimum Gasteiger partial charge on any atom is -0.299 e. The smallest absolute Gasteiger partial charge is 0.196 e. The standard InChI is InChI=1S/C18H34O2S/c1-3-4-5-6-7-8-9-10-11-12-13-14-15-17(16(2)19)18(20)21/h17H,3-15H2,1-2H3,(H,20,21). The second-order valence-corrected chi connectivity index (χ2v) is 6.62. The molecule has 0 amide bonds. The molecule has 0 aliphatic rings. The molecule has 3 heteroatoms. The first-order valence-electron chi connectivity index (χ1n) is 8.82. The molecule has 0 aromatic heterocycles. The Bertz CT molecular complexity index is 262. The van der Waals surface area contributed by atoms with Gasteiger partial charge in [0.05, 0.1) is 5.92 Å². The van der Waals surface area contributed by atoms with Crippen LogP contribution in [0.4, 0.5) is 0 Å². The second-order valence-electron chi connectivity index (χ2n) is 6.18. The van der Waals surface area contributed by atoms with Gasteiger partial charge in [-0.3, -0.25) is 9.59 Å². The summed E-state index contributed by atoms with van der Waals surface area (Å²) in [6.07, 6.45) is 16.2. The van der Waals surface area contributed by atoms with Crippen molar-refractivity contribution in [2.75, 3.05) is 0 Å². The van der Waals surface area contributed by atoms with Crippen LogP contribution in [0.25, 0.3) is 0 Å². The maximum Gasteiger partial charge on any atom is 0.196 e. The minimum absolute atomic E-state index is 0.0435. The SMILES string of the molecule is CCCCCCCCCCCCCCC(C(C)=O)C(=O)S. The lowest BCUT2D eigenvalue weighted by atomic mass is 9.98. The Morgan fingerprint density at radius 3 is 1.48 bits per heavy atom. The molecule has 0 radical (unpaired) electrons. The van der Waals surface area contributed by atoms with Crippen molar-refractivity contribution in [3.8, 4) is 0 Å². The van der Waals surface area contributed by atoms with Crippen molar-refractivity contribution in [2.45, 2.75) is 97.3 Å². The predicted molar refractivity (Wildman–Crippen MR) is 93.9 cm³/mol. The summed E-state index contributed by atoms with van der Waals surface area (Å²) in [4.78, 5) is 22.4. The van der Waals surface area contributed by atoms with E-state index in [-0.39, 0.29) is 10.9 Å². The molecule has 0 heterocycles. The highest BCUT2D eigenvalue weighted by Crippen LogP contribution is 2.16. The lowest BCUT2D eigenvalue weighted by molar-refractivity contribution is -0.127. The van der Waals surface area contributed by atoms with Gasteiger partial charge >= 0.3 is 0 Å². The lowest BCUT2D eigenvalue weighted by Gasteiger charge is -2.08. The van der Waals surface area contributed by atoms with Crippen LogP contribution in [0.15, 0.2) is 0 Å². The third-order valence-electron chi connectivity index (χ3n) is 4.14. The van der Waals surface area contributed by atoms with Gasteiger partial charge in [0.25, 0.3) is 0 Å². The van der Waals surface area contributed by atoms with E-state index in [1.807, 2.05) is 0 Å². The van der Waals surface area contributed by atoms with Gasteiger partial charge < -0.3 is 0 Å². The second kappa shape index (κ2) is 14.6. The van der Waals surface area contributed by atoms with Crippen LogP contribution in [0.3, 0.4) is 0 Å². The highest BCUT2D eigenvalue weighted by Gasteiger charge is 2.19. The average molecular weight is 315 g/mol. The Hall–Kier alpha value is -0.310. The third-order valence-corrected chi connectivity index (χ3v) is 4.45. The van der Waals surface area contributed by atoms with Crippen molar-refractivity contribution >= 4 is 23.5 Å². The lowest BCUT2D eigenvalue weighted by Crippen LogP contribution is -2.17. The molecule has 0 aliphatic carbocycles. The van der Waals surface area contributed by atoms with Gasteiger partial charge in [0.1, 0.15) is 5.78 Å². The van der Waals surface area contributed by atoms with Crippen molar-refractivity contribution in [2.24, 2.45) is 5.92 Å². The van der Waals surface area contributed by atoms with Crippen molar-refractivity contribution in [1.29, 1.82) is 0 Å². The van der Waals surface area contributed by atoms with Crippen LogP contribution in [-0.4, -0.2) is 10.9 Å². The Labute approximate surface area is 136 Å². The van der Waals surface area contributed by atoms with E-state index < -0.39 is 5.92 Å². The zero-order chi connectivity index (χ0) is 15.9. The number of Topliss-reactive ketones (excluding diaryl/α,β-unsaturated/α-hetero) is 1. The van der Waals surface area contributed by atoms with Crippen LogP contribution in [-0.2, 0) is 9.59 Å². The van der Waals surface area contributed by atoms with Crippen molar-refractivity contribution in [3.63, 3.8) is 0 Å². The number of hydrogen-bond donors (Lipinski definition) is 1. The molecule has 0 rings (SSSR count). The summed E-state index contributed by atoms with van der Waals surface area (Å²) in [5, 5.41) is -0.273. The van der Waals surface area contributed by atoms with Gasteiger partial charge in [-0.2, -0.15) is 0 Å². The molecule has 0 fully saturated rings. The maximum absolute atomic E-state index is 11.2. The summed E-state index contributed by atoms with van der Waals surface area (Å²) in [5.74, 6) is -0.519. The van der Waals surface area contributed by atoms with Crippen molar-refractivity contribution < 1.29 is 9.59 Å². The molecule has 1 atom stereocenters. The number of unbranched alkanes of at least 4 members (excludes halogenated alkanes) is 11. The van der Waals surface area contributed by atoms with Crippen LogP contribution in [0.5, 0.6) is 0 Å². The van der Waals surface area contributed by atoms with Crippen LogP contribution in [0.1, 0.15) is 97.3 Å². The molecule has 0 aromatic carbocycles. The third kappa shape index (κ3) is 13.1. The zero-order valence-corrected chi connectivity index (χ0v) is 14.9. The summed E-state index contributed by atoms with van der Waals surface area (Å²) in [6, 6.07) is 0. The number of carbonyl (C=O) groups excluding carboxylic acids is 2. The molecular formula is C18H34O2S. The van der Waals surface area contributed by atoms with Crippen molar-refractivity contribution in [1.82, 2.24) is 0 Å². The summed E-state index contributed by atoms with van der Waals surface area (Å²) in [6.45, 7) is 3.74. The number of ketones is 1. The molecule has 2 nitrogen and oxygen atoms in total. The molecule has 1 unspecified atom stereocenters. The molecule has 0 spiro atoms. The molecule has 0 saturated carbocycles. The van der Waals surface area contributed by atoms with E-state index in [1.54, 1.807) is 0 Å². The zero-order valence-electron chi connectivity index (χ0n) is 14.0. The Kier molecular flexibility index (Phi) is 14.4. The van der Waals surface area contributed by atoms with Gasteiger partial charge in [-0.1, -0.05) is 84.0 Å². The van der Waals surface area contributed by atoms with Crippen LogP contribution in [0.2, 0.25) is 0 Å². The first-order chi connectivity index (χ1) is 10.1. The van der Waals surface area contributed by atoms with Crippen LogP contribution < -0.4 is 0 Å². The van der Waals surface area contributed by atoms with Gasteiger partial charge in [0.2, 0.25) is 0 Å². The fraction of sp³-hybridized carbons (Fsp3) is 0.889. The van der Waals surface area contributed by atoms with Crippen LogP contribution in [0, 0.1) is 5.92 Å². The maximum atomic E-state index is 11.2. The number of hydrogen-bond acceptors (Lipinski definition) is 2. The summed E-state index contributed by atoms with van der Waals surface area (Å²) in [5.41, 5.74) is 0. The van der Waals surface area contributed by atoms with Crippen molar-refractivity contribution in [3.05, 3.63) is 0 Å². The molecule has 0 bridgehead atoms. The molecule has 0 aliphatic heterocycles. The monoisotopic (exact) mass is 314 g/mol. The summed E-state index contributed by atoms with van der Waals surface area (Å²) in [7, 11) is 0. The van der Waals surface area contributed by atoms with Gasteiger partial charge in [0.15, 0.2) is 5.12 Å². The molecular weight excluding hydrogens is 280 g/mol. The first-order valence-corrected chi connectivity index (χ1v) is 9.27. The summed E-state index contributed by atoms with van der Waals surface area (Å²) < 4.78 is 0. The average Bonchev–Trinajstić information content (AvgIpc) is 2.43. The molecule has 124 valence electrons. The molecule has 21 heavy (non-hydrogen) atoms. The highest BCUT2D eigenvalue weighted by molar-refractivity contribution is 7.96. The molecule has 0 N–H and O–H groups in total. The van der Waals surface area contributed by atoms with Gasteiger partial charge in [0, 0.05) is 0 Å². The van der Waals surface area contributed by atoms with E-state index in [0.29, 0.717) is 6.42 Å². The van der Waals surface area contributed by atoms with E-state index >= 15 is 0 Å². The Balaban J connectivity index is 3.29. The molecule has 0 saturated heterocycles. The first kappa shape index (κ1) is 20.7. The topological polar surface area (TPSA) is 34.1 Å². The van der Waals surface area contributed by atoms with E-state index in [0.717, 1.165) is 12.8 Å². The van der Waals surface area contributed by atoms with Gasteiger partial charge in [-0.25, -0.2) is 0 Å². The Morgan fingerprint density at radius 1 is 0.762 bits per heavy atom. The fourth-order valence-electron chi connectivity index (χ4n) is 2.69. The normalized spacial score (nSPS) is 12.3. The highest BCUT2D eigenvalue weighted by atomic mass is 32.1.